The van der Waals surface area contributed by atoms with E-state index in [2.05, 4.69) is 36.8 Å². The molecule has 3 nitrogen and oxygen atoms in total. The molecule has 4 heteroatoms. The van der Waals surface area contributed by atoms with E-state index in [1.807, 2.05) is 7.11 Å². The molecule has 118 valence electrons. The summed E-state index contributed by atoms with van der Waals surface area (Å²) in [6, 6.07) is 2.97. The van der Waals surface area contributed by atoms with E-state index in [1.54, 1.807) is 0 Å². The molecule has 0 radical (unpaired) electrons. The second kappa shape index (κ2) is 7.39. The number of hydrogen-bond donors (Lipinski definition) is 0. The predicted molar refractivity (Wildman–Crippen MR) is 88.3 cm³/mol. The Morgan fingerprint density at radius 2 is 1.15 bits per heavy atom. The highest BCUT2D eigenvalue weighted by atomic mass is 28.3. The van der Waals surface area contributed by atoms with Crippen molar-refractivity contribution in [2.45, 2.75) is 90.4 Å². The van der Waals surface area contributed by atoms with Gasteiger partial charge in [-0.15, -0.1) is 0 Å². The molecule has 2 saturated heterocycles. The van der Waals surface area contributed by atoms with Crippen LogP contribution in [0.3, 0.4) is 0 Å². The molecule has 0 saturated carbocycles. The van der Waals surface area contributed by atoms with E-state index >= 15 is 0 Å². The average Bonchev–Trinajstić information content (AvgIpc) is 2.38. The lowest BCUT2D eigenvalue weighted by Crippen LogP contribution is -2.66. The summed E-state index contributed by atoms with van der Waals surface area (Å²) in [4.78, 5) is 0. The van der Waals surface area contributed by atoms with Crippen molar-refractivity contribution in [1.82, 2.24) is 9.13 Å². The maximum absolute atomic E-state index is 5.68. The summed E-state index contributed by atoms with van der Waals surface area (Å²) < 4.78 is 11.4. The Hall–Kier alpha value is 0.0969. The Labute approximate surface area is 127 Å². The molecule has 2 aliphatic rings. The first kappa shape index (κ1) is 16.5. The predicted octanol–water partition coefficient (Wildman–Crippen LogP) is 2.92. The average molecular weight is 299 g/mol. The topological polar surface area (TPSA) is 15.7 Å². The molecular formula is C16H34N2OSi. The van der Waals surface area contributed by atoms with E-state index in [4.69, 9.17) is 4.74 Å². The molecule has 4 atom stereocenters. The Morgan fingerprint density at radius 3 is 1.45 bits per heavy atom. The second-order valence-corrected chi connectivity index (χ2v) is 9.58. The number of rotatable bonds is 4. The highest BCUT2D eigenvalue weighted by Gasteiger charge is 2.40. The smallest absolute Gasteiger partial charge is 0.217 e. The van der Waals surface area contributed by atoms with Gasteiger partial charge in [-0.2, -0.15) is 0 Å². The zero-order valence-corrected chi connectivity index (χ0v) is 15.3. The van der Waals surface area contributed by atoms with Gasteiger partial charge >= 0.3 is 0 Å². The number of ether oxygens (including phenoxy) is 1. The Balaban J connectivity index is 2.19. The molecule has 0 amide bonds. The van der Waals surface area contributed by atoms with Crippen LogP contribution in [0.15, 0.2) is 0 Å². The lowest BCUT2D eigenvalue weighted by atomic mass is 10.0. The maximum Gasteiger partial charge on any atom is 0.217 e. The summed E-state index contributed by atoms with van der Waals surface area (Å²) in [5.41, 5.74) is 0. The van der Waals surface area contributed by atoms with Crippen LogP contribution in [0, 0.1) is 0 Å². The number of nitrogens with zero attached hydrogens (tertiary/aromatic N) is 2. The third kappa shape index (κ3) is 3.46. The molecule has 20 heavy (non-hydrogen) atoms. The molecule has 2 fully saturated rings. The van der Waals surface area contributed by atoms with Gasteiger partial charge in [0.2, 0.25) is 9.12 Å². The van der Waals surface area contributed by atoms with Crippen LogP contribution in [-0.2, 0) is 4.74 Å². The fourth-order valence-corrected chi connectivity index (χ4v) is 8.43. The molecule has 0 aromatic rings. The van der Waals surface area contributed by atoms with Gasteiger partial charge in [-0.1, -0.05) is 40.5 Å². The van der Waals surface area contributed by atoms with Gasteiger partial charge in [0.25, 0.3) is 0 Å². The fraction of sp³-hybridized carbons (Fsp3) is 1.00. The van der Waals surface area contributed by atoms with Crippen LogP contribution < -0.4 is 0 Å². The molecule has 0 spiro atoms. The summed E-state index contributed by atoms with van der Waals surface area (Å²) in [6.45, 7) is 9.74. The van der Waals surface area contributed by atoms with Crippen LogP contribution in [-0.4, -0.2) is 55.8 Å². The molecule has 2 aliphatic heterocycles. The molecule has 0 aromatic carbocycles. The Bertz CT molecular complexity index is 256. The van der Waals surface area contributed by atoms with Gasteiger partial charge in [0.05, 0.1) is 6.23 Å². The van der Waals surface area contributed by atoms with E-state index in [9.17, 15) is 0 Å². The summed E-state index contributed by atoms with van der Waals surface area (Å²) in [5.74, 6) is 0. The highest BCUT2D eigenvalue weighted by Crippen LogP contribution is 2.30. The Morgan fingerprint density at radius 1 is 0.800 bits per heavy atom. The van der Waals surface area contributed by atoms with Gasteiger partial charge in [-0.25, -0.2) is 0 Å². The quantitative estimate of drug-likeness (QED) is 0.742. The monoisotopic (exact) mass is 298 g/mol. The molecule has 0 N–H and O–H groups in total. The number of methoxy groups -OCH3 is 1. The van der Waals surface area contributed by atoms with Crippen molar-refractivity contribution in [3.8, 4) is 0 Å². The van der Waals surface area contributed by atoms with Crippen molar-refractivity contribution < 1.29 is 4.74 Å². The third-order valence-corrected chi connectivity index (χ3v) is 9.57. The van der Waals surface area contributed by atoms with E-state index in [0.717, 1.165) is 30.4 Å². The van der Waals surface area contributed by atoms with Gasteiger partial charge in [-0.05, 0) is 25.7 Å². The molecule has 2 heterocycles. The lowest BCUT2D eigenvalue weighted by Gasteiger charge is -2.52. The SMILES string of the molecule is COC[SiH](N1[C@H](C)CCC[C@@H]1C)N1[C@H](C)CCC[C@@H]1C. The zero-order chi connectivity index (χ0) is 14.7. The summed E-state index contributed by atoms with van der Waals surface area (Å²) in [6.07, 6.45) is 9.25. The van der Waals surface area contributed by atoms with Crippen molar-refractivity contribution >= 4 is 9.12 Å². The maximum atomic E-state index is 5.68. The van der Waals surface area contributed by atoms with Gasteiger partial charge in [0.1, 0.15) is 0 Å². The van der Waals surface area contributed by atoms with Gasteiger partial charge < -0.3 is 13.9 Å². The van der Waals surface area contributed by atoms with Crippen molar-refractivity contribution in [3.63, 3.8) is 0 Å². The molecule has 0 aliphatic carbocycles. The molecular weight excluding hydrogens is 264 g/mol. The van der Waals surface area contributed by atoms with E-state index in [1.165, 1.54) is 38.5 Å². The van der Waals surface area contributed by atoms with E-state index < -0.39 is 9.12 Å². The minimum atomic E-state index is -1.18. The van der Waals surface area contributed by atoms with Crippen LogP contribution in [0.5, 0.6) is 0 Å². The molecule has 0 aromatic heterocycles. The summed E-state index contributed by atoms with van der Waals surface area (Å²) >= 11 is 0. The minimum absolute atomic E-state index is 0.742. The minimum Gasteiger partial charge on any atom is -0.385 e. The van der Waals surface area contributed by atoms with Crippen molar-refractivity contribution in [1.29, 1.82) is 0 Å². The second-order valence-electron chi connectivity index (χ2n) is 7.09. The van der Waals surface area contributed by atoms with Crippen LogP contribution in [0.4, 0.5) is 0 Å². The van der Waals surface area contributed by atoms with Crippen LogP contribution in [0.2, 0.25) is 0 Å². The fourth-order valence-electron chi connectivity index (χ4n) is 4.53. The first-order valence-corrected chi connectivity index (χ1v) is 10.4. The lowest BCUT2D eigenvalue weighted by molar-refractivity contribution is 0.116. The van der Waals surface area contributed by atoms with Crippen LogP contribution in [0.1, 0.15) is 66.2 Å². The van der Waals surface area contributed by atoms with Crippen LogP contribution in [0.25, 0.3) is 0 Å². The molecule has 2 rings (SSSR count). The highest BCUT2D eigenvalue weighted by molar-refractivity contribution is 6.53. The van der Waals surface area contributed by atoms with Gasteiger partial charge in [0.15, 0.2) is 0 Å². The first-order chi connectivity index (χ1) is 9.56. The largest absolute Gasteiger partial charge is 0.385 e. The van der Waals surface area contributed by atoms with Crippen molar-refractivity contribution in [2.75, 3.05) is 13.3 Å². The van der Waals surface area contributed by atoms with Gasteiger partial charge in [-0.3, -0.25) is 0 Å². The standard InChI is InChI=1S/C16H34N2OSi/c1-13-8-6-9-14(2)17(13)20(12-19-5)18-15(3)10-7-11-16(18)4/h13-16,20H,6-12H2,1-5H3/t13-,14+,15-,16+. The third-order valence-electron chi connectivity index (χ3n) is 5.53. The zero-order valence-electron chi connectivity index (χ0n) is 14.1. The molecule has 0 bridgehead atoms. The van der Waals surface area contributed by atoms with Crippen molar-refractivity contribution in [2.24, 2.45) is 0 Å². The van der Waals surface area contributed by atoms with E-state index in [0.29, 0.717) is 0 Å². The first-order valence-electron chi connectivity index (χ1n) is 8.60. The molecule has 0 unspecified atom stereocenters. The summed E-state index contributed by atoms with van der Waals surface area (Å²) in [5, 5.41) is 0. The summed E-state index contributed by atoms with van der Waals surface area (Å²) in [7, 11) is 0.704. The normalized spacial score (nSPS) is 37.5. The number of hydrogen-bond acceptors (Lipinski definition) is 3. The van der Waals surface area contributed by atoms with E-state index in [-0.39, 0.29) is 0 Å². The number of piperidine rings is 2. The van der Waals surface area contributed by atoms with Crippen LogP contribution >= 0.6 is 0 Å². The Kier molecular flexibility index (Phi) is 6.08. The van der Waals surface area contributed by atoms with Gasteiger partial charge in [0, 0.05) is 31.3 Å². The van der Waals surface area contributed by atoms with Crippen molar-refractivity contribution in [3.05, 3.63) is 0 Å².